The first-order valence-corrected chi connectivity index (χ1v) is 12.0. The van der Waals surface area contributed by atoms with Crippen molar-refractivity contribution in [2.75, 3.05) is 18.3 Å². The van der Waals surface area contributed by atoms with E-state index in [1.165, 1.54) is 0 Å². The van der Waals surface area contributed by atoms with E-state index < -0.39 is 16.5 Å². The summed E-state index contributed by atoms with van der Waals surface area (Å²) in [6.07, 6.45) is -4.35. The van der Waals surface area contributed by atoms with E-state index in [1.807, 2.05) is 48.5 Å². The minimum absolute atomic E-state index is 0.174. The Bertz CT molecular complexity index is 1430. The molecule has 0 fully saturated rings. The molecular weight excluding hydrogens is 475 g/mol. The average molecular weight is 494 g/mol. The van der Waals surface area contributed by atoms with Gasteiger partial charge in [0.1, 0.15) is 17.2 Å². The second-order valence-electron chi connectivity index (χ2n) is 8.78. The summed E-state index contributed by atoms with van der Waals surface area (Å²) < 4.78 is 57.3. The number of ether oxygens (including phenoxy) is 3. The molecule has 3 aliphatic heterocycles. The number of fused-ring (bicyclic) bond motifs is 7. The van der Waals surface area contributed by atoms with Crippen LogP contribution in [0.4, 0.5) is 24.5 Å². The molecule has 0 saturated carbocycles. The van der Waals surface area contributed by atoms with Crippen molar-refractivity contribution in [1.82, 2.24) is 0 Å². The molecule has 0 radical (unpaired) electrons. The number of rotatable bonds is 2. The van der Waals surface area contributed by atoms with Gasteiger partial charge in [0.05, 0.1) is 12.0 Å². The Morgan fingerprint density at radius 2 is 1.43 bits per heavy atom. The van der Waals surface area contributed by atoms with E-state index in [9.17, 15) is 13.2 Å². The molecule has 0 aliphatic carbocycles. The van der Waals surface area contributed by atoms with Gasteiger partial charge in [0, 0.05) is 27.9 Å². The predicted molar refractivity (Wildman–Crippen MR) is 126 cm³/mol. The maximum Gasteiger partial charge on any atom is 0.425 e. The molecular formula is C27H18F3NO3S. The van der Waals surface area contributed by atoms with Crippen molar-refractivity contribution in [3.8, 4) is 17.2 Å². The van der Waals surface area contributed by atoms with Gasteiger partial charge in [0.25, 0.3) is 0 Å². The fourth-order valence-electron chi connectivity index (χ4n) is 5.44. The predicted octanol–water partition coefficient (Wildman–Crippen LogP) is 6.87. The molecule has 4 nitrogen and oxygen atoms in total. The molecule has 0 amide bonds. The van der Waals surface area contributed by atoms with Crippen molar-refractivity contribution in [2.45, 2.75) is 18.1 Å². The maximum atomic E-state index is 13.3. The van der Waals surface area contributed by atoms with E-state index in [0.717, 1.165) is 51.2 Å². The molecule has 4 aromatic rings. The first-order chi connectivity index (χ1) is 16.9. The number of hydrogen-bond donors (Lipinski definition) is 0. The Kier molecular flexibility index (Phi) is 4.25. The van der Waals surface area contributed by atoms with Crippen LogP contribution in [-0.4, -0.2) is 13.4 Å². The van der Waals surface area contributed by atoms with Gasteiger partial charge in [-0.05, 0) is 41.5 Å². The lowest BCUT2D eigenvalue weighted by Gasteiger charge is -2.43. The summed E-state index contributed by atoms with van der Waals surface area (Å²) in [5.74, 6) is 2.10. The maximum absolute atomic E-state index is 13.3. The lowest BCUT2D eigenvalue weighted by atomic mass is 9.67. The van der Waals surface area contributed by atoms with E-state index in [0.29, 0.717) is 29.5 Å². The number of alkyl halides is 3. The van der Waals surface area contributed by atoms with Crippen molar-refractivity contribution in [3.63, 3.8) is 0 Å². The molecule has 3 aromatic carbocycles. The number of halogens is 3. The molecule has 0 unspecified atom stereocenters. The fourth-order valence-corrected chi connectivity index (χ4v) is 6.31. The van der Waals surface area contributed by atoms with Crippen LogP contribution < -0.4 is 19.1 Å². The van der Waals surface area contributed by atoms with Gasteiger partial charge in [-0.1, -0.05) is 36.4 Å². The van der Waals surface area contributed by atoms with Gasteiger partial charge in [-0.15, -0.1) is 11.3 Å². The first-order valence-electron chi connectivity index (χ1n) is 11.1. The molecule has 0 atom stereocenters. The van der Waals surface area contributed by atoms with Crippen LogP contribution in [0, 0.1) is 0 Å². The summed E-state index contributed by atoms with van der Waals surface area (Å²) in [6.45, 7) is 0.914. The van der Waals surface area contributed by atoms with Gasteiger partial charge in [0.2, 0.25) is 6.79 Å². The van der Waals surface area contributed by atoms with Crippen LogP contribution in [0.15, 0.2) is 72.8 Å². The van der Waals surface area contributed by atoms with Gasteiger partial charge in [-0.3, -0.25) is 0 Å². The molecule has 8 heteroatoms. The molecule has 176 valence electrons. The topological polar surface area (TPSA) is 30.9 Å². The standard InChI is InChI=1S/C27H18F3NO3S/c28-27(29,30)25-10-9-16(35-25)13-31-20-7-3-1-5-17(20)26(18-6-2-4-8-21(18)31)14-32-22-12-24-23(11-19(22)26)33-15-34-24/h1-12H,13-15H2. The average Bonchev–Trinajstić information content (AvgIpc) is 3.59. The van der Waals surface area contributed by atoms with Gasteiger partial charge in [-0.25, -0.2) is 0 Å². The van der Waals surface area contributed by atoms with Crippen molar-refractivity contribution >= 4 is 22.7 Å². The molecule has 1 spiro atoms. The number of nitrogens with zero attached hydrogens (tertiary/aromatic N) is 1. The SMILES string of the molecule is FC(F)(F)c1ccc(CN2c3ccccc3C3(COc4cc5c(cc43)OCO5)c3ccccc32)s1. The van der Waals surface area contributed by atoms with Crippen molar-refractivity contribution in [3.05, 3.63) is 99.2 Å². The monoisotopic (exact) mass is 493 g/mol. The third-order valence-electron chi connectivity index (χ3n) is 6.94. The van der Waals surface area contributed by atoms with E-state index in [2.05, 4.69) is 17.0 Å². The van der Waals surface area contributed by atoms with Crippen LogP contribution in [0.25, 0.3) is 0 Å². The minimum atomic E-state index is -4.35. The Labute approximate surface area is 203 Å². The molecule has 3 aliphatic rings. The number of benzene rings is 3. The lowest BCUT2D eigenvalue weighted by molar-refractivity contribution is -0.134. The molecule has 35 heavy (non-hydrogen) atoms. The Morgan fingerprint density at radius 3 is 2.09 bits per heavy atom. The van der Waals surface area contributed by atoms with E-state index in [-0.39, 0.29) is 6.79 Å². The van der Waals surface area contributed by atoms with E-state index >= 15 is 0 Å². The molecule has 0 bridgehead atoms. The molecule has 0 N–H and O–H groups in total. The highest BCUT2D eigenvalue weighted by Crippen LogP contribution is 2.59. The Morgan fingerprint density at radius 1 is 0.771 bits per heavy atom. The summed E-state index contributed by atoms with van der Waals surface area (Å²) >= 11 is 0.787. The quantitative estimate of drug-likeness (QED) is 0.305. The molecule has 7 rings (SSSR count). The van der Waals surface area contributed by atoms with Gasteiger partial charge in [-0.2, -0.15) is 13.2 Å². The van der Waals surface area contributed by atoms with Crippen LogP contribution in [0.2, 0.25) is 0 Å². The zero-order chi connectivity index (χ0) is 23.8. The third-order valence-corrected chi connectivity index (χ3v) is 8.06. The summed E-state index contributed by atoms with van der Waals surface area (Å²) in [6, 6.07) is 22.7. The first kappa shape index (κ1) is 20.7. The number of hydrogen-bond acceptors (Lipinski definition) is 5. The van der Waals surface area contributed by atoms with Crippen LogP contribution in [0.1, 0.15) is 26.4 Å². The fraction of sp³-hybridized carbons (Fsp3) is 0.185. The van der Waals surface area contributed by atoms with Gasteiger partial charge >= 0.3 is 6.18 Å². The summed E-state index contributed by atoms with van der Waals surface area (Å²) in [4.78, 5) is 2.16. The van der Waals surface area contributed by atoms with Crippen LogP contribution in [0.5, 0.6) is 17.2 Å². The lowest BCUT2D eigenvalue weighted by Crippen LogP contribution is -2.39. The van der Waals surface area contributed by atoms with E-state index in [4.69, 9.17) is 14.2 Å². The normalized spacial score (nSPS) is 16.6. The third kappa shape index (κ3) is 2.92. The summed E-state index contributed by atoms with van der Waals surface area (Å²) in [5, 5.41) is 0. The second-order valence-corrected chi connectivity index (χ2v) is 9.95. The van der Waals surface area contributed by atoms with Crippen molar-refractivity contribution in [1.29, 1.82) is 0 Å². The van der Waals surface area contributed by atoms with Crippen LogP contribution in [0.3, 0.4) is 0 Å². The molecule has 4 heterocycles. The largest absolute Gasteiger partial charge is 0.491 e. The molecule has 1 aromatic heterocycles. The van der Waals surface area contributed by atoms with Gasteiger partial charge < -0.3 is 19.1 Å². The Balaban J connectivity index is 1.41. The highest BCUT2D eigenvalue weighted by Gasteiger charge is 2.50. The van der Waals surface area contributed by atoms with Crippen LogP contribution >= 0.6 is 11.3 Å². The number of thiophene rings is 1. The van der Waals surface area contributed by atoms with E-state index in [1.54, 1.807) is 6.07 Å². The van der Waals surface area contributed by atoms with Crippen molar-refractivity contribution in [2.24, 2.45) is 0 Å². The smallest absolute Gasteiger partial charge is 0.425 e. The highest BCUT2D eigenvalue weighted by molar-refractivity contribution is 7.12. The Hall–Kier alpha value is -3.65. The zero-order valence-electron chi connectivity index (χ0n) is 18.3. The highest BCUT2D eigenvalue weighted by atomic mass is 32.1. The second kappa shape index (κ2) is 7.18. The summed E-state index contributed by atoms with van der Waals surface area (Å²) in [5.41, 5.74) is 4.40. The molecule has 0 saturated heterocycles. The number of anilines is 2. The minimum Gasteiger partial charge on any atom is -0.491 e. The van der Waals surface area contributed by atoms with Gasteiger partial charge in [0.15, 0.2) is 11.5 Å². The summed E-state index contributed by atoms with van der Waals surface area (Å²) in [7, 11) is 0. The number of para-hydroxylation sites is 2. The van der Waals surface area contributed by atoms with Crippen molar-refractivity contribution < 1.29 is 27.4 Å². The van der Waals surface area contributed by atoms with Crippen LogP contribution in [-0.2, 0) is 18.1 Å². The zero-order valence-corrected chi connectivity index (χ0v) is 19.1.